The Morgan fingerprint density at radius 2 is 1.86 bits per heavy atom. The van der Waals surface area contributed by atoms with E-state index >= 15 is 0 Å². The molecule has 1 aliphatic heterocycles. The van der Waals surface area contributed by atoms with Crippen LogP contribution in [0.5, 0.6) is 11.5 Å². The van der Waals surface area contributed by atoms with E-state index in [1.807, 2.05) is 44.2 Å². The highest BCUT2D eigenvalue weighted by molar-refractivity contribution is 7.99. The van der Waals surface area contributed by atoms with Crippen molar-refractivity contribution in [3.63, 3.8) is 0 Å². The summed E-state index contributed by atoms with van der Waals surface area (Å²) in [5.74, 6) is 2.06. The maximum absolute atomic E-state index is 12.4. The van der Waals surface area contributed by atoms with Crippen molar-refractivity contribution in [2.45, 2.75) is 38.5 Å². The lowest BCUT2D eigenvalue weighted by Gasteiger charge is -2.26. The highest BCUT2D eigenvalue weighted by Crippen LogP contribution is 2.30. The Hall–Kier alpha value is -3.59. The number of para-hydroxylation sites is 2. The lowest BCUT2D eigenvalue weighted by Crippen LogP contribution is -2.41. The van der Waals surface area contributed by atoms with Gasteiger partial charge in [0, 0.05) is 17.8 Å². The van der Waals surface area contributed by atoms with Crippen LogP contribution in [0.3, 0.4) is 0 Å². The first-order valence-corrected chi connectivity index (χ1v) is 12.5. The van der Waals surface area contributed by atoms with Crippen molar-refractivity contribution in [3.05, 3.63) is 76.6 Å². The Labute approximate surface area is 208 Å². The van der Waals surface area contributed by atoms with Crippen molar-refractivity contribution in [3.8, 4) is 11.5 Å². The molecule has 0 fully saturated rings. The fourth-order valence-corrected chi connectivity index (χ4v) is 4.73. The third kappa shape index (κ3) is 5.09. The van der Waals surface area contributed by atoms with Crippen LogP contribution in [0.2, 0.25) is 0 Å². The number of nitrogens with zero attached hydrogens (tertiary/aromatic N) is 4. The van der Waals surface area contributed by atoms with Crippen molar-refractivity contribution in [2.75, 3.05) is 18.9 Å². The van der Waals surface area contributed by atoms with Gasteiger partial charge in [0.15, 0.2) is 11.5 Å². The molecule has 1 aliphatic rings. The lowest BCUT2D eigenvalue weighted by atomic mass is 9.99. The number of hydrogen-bond acceptors (Lipinski definition) is 7. The fourth-order valence-electron chi connectivity index (χ4n) is 4.08. The van der Waals surface area contributed by atoms with Crippen molar-refractivity contribution >= 4 is 23.4 Å². The largest absolute Gasteiger partial charge is 0.486 e. The summed E-state index contributed by atoms with van der Waals surface area (Å²) in [7, 11) is 0. The van der Waals surface area contributed by atoms with Gasteiger partial charge in [0.2, 0.25) is 11.1 Å². The van der Waals surface area contributed by atoms with Gasteiger partial charge in [-0.25, -0.2) is 9.50 Å². The zero-order valence-electron chi connectivity index (χ0n) is 19.9. The topological polar surface area (TPSA) is 90.6 Å². The molecule has 0 bridgehead atoms. The molecule has 2 aromatic carbocycles. The Balaban J connectivity index is 1.20. The van der Waals surface area contributed by atoms with Gasteiger partial charge in [-0.05, 0) is 49.6 Å². The van der Waals surface area contributed by atoms with Gasteiger partial charge in [0.25, 0.3) is 5.78 Å². The van der Waals surface area contributed by atoms with Gasteiger partial charge in [0.1, 0.15) is 12.7 Å². The molecular formula is C26H27N5O3S. The van der Waals surface area contributed by atoms with E-state index in [4.69, 9.17) is 9.47 Å². The third-order valence-corrected chi connectivity index (χ3v) is 6.92. The van der Waals surface area contributed by atoms with Crippen molar-refractivity contribution in [1.82, 2.24) is 24.9 Å². The van der Waals surface area contributed by atoms with E-state index in [-0.39, 0.29) is 17.8 Å². The number of rotatable bonds is 7. The van der Waals surface area contributed by atoms with Crippen LogP contribution in [0.15, 0.2) is 53.7 Å². The van der Waals surface area contributed by atoms with Gasteiger partial charge in [-0.3, -0.25) is 4.79 Å². The first-order valence-electron chi connectivity index (χ1n) is 11.5. The molecule has 1 amide bonds. The summed E-state index contributed by atoms with van der Waals surface area (Å²) in [4.78, 5) is 21.6. The molecule has 0 radical (unpaired) electrons. The molecule has 180 valence electrons. The van der Waals surface area contributed by atoms with E-state index in [1.54, 1.807) is 4.52 Å². The summed E-state index contributed by atoms with van der Waals surface area (Å²) in [6.45, 7) is 6.93. The Morgan fingerprint density at radius 1 is 1.09 bits per heavy atom. The monoisotopic (exact) mass is 489 g/mol. The molecule has 9 heteroatoms. The number of ether oxygens (including phenoxy) is 2. The van der Waals surface area contributed by atoms with Gasteiger partial charge in [-0.15, -0.1) is 5.10 Å². The molecular weight excluding hydrogens is 462 g/mol. The molecule has 0 saturated heterocycles. The van der Waals surface area contributed by atoms with Crippen LogP contribution in [-0.4, -0.2) is 50.5 Å². The second kappa shape index (κ2) is 9.95. The van der Waals surface area contributed by atoms with Gasteiger partial charge in [-0.2, -0.15) is 4.98 Å². The first kappa shape index (κ1) is 23.2. The van der Waals surface area contributed by atoms with Crippen LogP contribution in [0.4, 0.5) is 0 Å². The zero-order valence-corrected chi connectivity index (χ0v) is 20.8. The predicted molar refractivity (Wildman–Crippen MR) is 134 cm³/mol. The first-order chi connectivity index (χ1) is 17.0. The minimum Gasteiger partial charge on any atom is -0.486 e. The summed E-state index contributed by atoms with van der Waals surface area (Å²) in [6.07, 6.45) is 0.559. The number of carbonyl (C=O) groups is 1. The van der Waals surface area contributed by atoms with E-state index < -0.39 is 0 Å². The standard InChI is InChI=1S/C26H27N5O3S/c1-16-8-4-5-9-19(16)12-21-17(2)28-25-29-26(30-31(25)18(21)3)35-15-24(32)27-13-20-14-33-22-10-6-7-11-23(22)34-20/h4-11,20H,12-15H2,1-3H3,(H,27,32)/t20-/m0/s1. The third-order valence-electron chi connectivity index (χ3n) is 6.08. The van der Waals surface area contributed by atoms with Crippen LogP contribution >= 0.6 is 11.8 Å². The fraction of sp³-hybridized carbons (Fsp3) is 0.308. The Kier molecular flexibility index (Phi) is 6.59. The van der Waals surface area contributed by atoms with Crippen LogP contribution in [-0.2, 0) is 11.2 Å². The smallest absolute Gasteiger partial charge is 0.253 e. The highest BCUT2D eigenvalue weighted by Gasteiger charge is 2.21. The normalized spacial score (nSPS) is 14.8. The summed E-state index contributed by atoms with van der Waals surface area (Å²) in [6, 6.07) is 15.9. The molecule has 8 nitrogen and oxygen atoms in total. The molecule has 5 rings (SSSR count). The lowest BCUT2D eigenvalue weighted by molar-refractivity contribution is -0.119. The quantitative estimate of drug-likeness (QED) is 0.396. The second-order valence-electron chi connectivity index (χ2n) is 8.56. The maximum atomic E-state index is 12.4. The number of benzene rings is 2. The number of fused-ring (bicyclic) bond motifs is 2. The number of thioether (sulfide) groups is 1. The summed E-state index contributed by atoms with van der Waals surface area (Å²) < 4.78 is 13.4. The maximum Gasteiger partial charge on any atom is 0.253 e. The average molecular weight is 490 g/mol. The number of aryl methyl sites for hydroxylation is 3. The number of aromatic nitrogens is 4. The molecule has 4 aromatic rings. The summed E-state index contributed by atoms with van der Waals surface area (Å²) >= 11 is 1.29. The van der Waals surface area contributed by atoms with E-state index in [9.17, 15) is 4.79 Å². The Bertz CT molecular complexity index is 1390. The molecule has 2 aromatic heterocycles. The molecule has 35 heavy (non-hydrogen) atoms. The molecule has 0 saturated carbocycles. The number of carbonyl (C=O) groups excluding carboxylic acids is 1. The van der Waals surface area contributed by atoms with Crippen molar-refractivity contribution in [2.24, 2.45) is 0 Å². The van der Waals surface area contributed by atoms with Crippen LogP contribution in [0, 0.1) is 20.8 Å². The zero-order chi connectivity index (χ0) is 24.4. The van der Waals surface area contributed by atoms with Crippen LogP contribution in [0.25, 0.3) is 5.78 Å². The van der Waals surface area contributed by atoms with E-state index in [2.05, 4.69) is 45.5 Å². The summed E-state index contributed by atoms with van der Waals surface area (Å²) in [5, 5.41) is 8.04. The SMILES string of the molecule is Cc1ccccc1Cc1c(C)nc2nc(SCC(=O)NC[C@H]3COc4ccccc4O3)nn2c1C. The summed E-state index contributed by atoms with van der Waals surface area (Å²) in [5.41, 5.74) is 5.61. The number of amides is 1. The second-order valence-corrected chi connectivity index (χ2v) is 9.50. The number of nitrogens with one attached hydrogen (secondary N) is 1. The van der Waals surface area contributed by atoms with Crippen molar-refractivity contribution < 1.29 is 14.3 Å². The van der Waals surface area contributed by atoms with E-state index in [0.717, 1.165) is 29.1 Å². The van der Waals surface area contributed by atoms with E-state index in [1.165, 1.54) is 22.9 Å². The molecule has 0 aliphatic carbocycles. The minimum atomic E-state index is -0.228. The molecule has 3 heterocycles. The van der Waals surface area contributed by atoms with Gasteiger partial charge in [-0.1, -0.05) is 48.2 Å². The molecule has 1 atom stereocenters. The van der Waals surface area contributed by atoms with Gasteiger partial charge < -0.3 is 14.8 Å². The Morgan fingerprint density at radius 3 is 2.69 bits per heavy atom. The molecule has 1 N–H and O–H groups in total. The number of hydrogen-bond donors (Lipinski definition) is 1. The van der Waals surface area contributed by atoms with Crippen molar-refractivity contribution in [1.29, 1.82) is 0 Å². The average Bonchev–Trinajstić information content (AvgIpc) is 3.28. The van der Waals surface area contributed by atoms with Crippen LogP contribution in [0.1, 0.15) is 28.1 Å². The minimum absolute atomic E-state index is 0.114. The molecule has 0 unspecified atom stereocenters. The van der Waals surface area contributed by atoms with Gasteiger partial charge in [0.05, 0.1) is 12.3 Å². The highest BCUT2D eigenvalue weighted by atomic mass is 32.2. The molecule has 0 spiro atoms. The van der Waals surface area contributed by atoms with E-state index in [0.29, 0.717) is 29.8 Å². The predicted octanol–water partition coefficient (Wildman–Crippen LogP) is 3.69. The van der Waals surface area contributed by atoms with Gasteiger partial charge >= 0.3 is 0 Å². The van der Waals surface area contributed by atoms with Crippen LogP contribution < -0.4 is 14.8 Å².